The van der Waals surface area contributed by atoms with E-state index in [1.54, 1.807) is 43.3 Å². The molecule has 0 saturated heterocycles. The summed E-state index contributed by atoms with van der Waals surface area (Å²) in [6.07, 6.45) is 2.12. The van der Waals surface area contributed by atoms with Gasteiger partial charge < -0.3 is 24.3 Å². The van der Waals surface area contributed by atoms with Crippen LogP contribution in [-0.4, -0.2) is 38.8 Å². The molecule has 0 heterocycles. The number of esters is 1. The molecule has 29 heavy (non-hydrogen) atoms. The molecule has 0 aliphatic rings. The molecule has 2 aromatic carbocycles. The Labute approximate surface area is 170 Å². The second-order valence-corrected chi connectivity index (χ2v) is 5.95. The van der Waals surface area contributed by atoms with E-state index in [1.807, 2.05) is 19.1 Å². The molecule has 1 atom stereocenters. The molecule has 0 radical (unpaired) electrons. The van der Waals surface area contributed by atoms with Crippen molar-refractivity contribution in [1.82, 2.24) is 0 Å². The molecule has 2 aromatic rings. The van der Waals surface area contributed by atoms with Gasteiger partial charge in [0.25, 0.3) is 5.91 Å². The number of carbonyl (C=O) groups excluding carboxylic acids is 2. The topological polar surface area (TPSA) is 83.1 Å². The van der Waals surface area contributed by atoms with Crippen molar-refractivity contribution in [1.29, 1.82) is 0 Å². The molecule has 1 amide bonds. The third-order valence-electron chi connectivity index (χ3n) is 3.92. The number of hydrogen-bond donors (Lipinski definition) is 1. The van der Waals surface area contributed by atoms with E-state index >= 15 is 0 Å². The zero-order chi connectivity index (χ0) is 21.2. The largest absolute Gasteiger partial charge is 0.493 e. The summed E-state index contributed by atoms with van der Waals surface area (Å²) in [5.74, 6) is 0.653. The van der Waals surface area contributed by atoms with Crippen LogP contribution in [0.3, 0.4) is 0 Å². The van der Waals surface area contributed by atoms with E-state index in [-0.39, 0.29) is 5.91 Å². The van der Waals surface area contributed by atoms with Gasteiger partial charge in [0.15, 0.2) is 17.6 Å². The first-order chi connectivity index (χ1) is 14.0. The number of para-hydroxylation sites is 2. The minimum absolute atomic E-state index is 0.325. The van der Waals surface area contributed by atoms with Crippen LogP contribution in [0.15, 0.2) is 48.5 Å². The molecule has 0 aliphatic carbocycles. The Morgan fingerprint density at radius 1 is 1.07 bits per heavy atom. The highest BCUT2D eigenvalue weighted by atomic mass is 16.5. The number of methoxy groups -OCH3 is 2. The Balaban J connectivity index is 2.09. The lowest BCUT2D eigenvalue weighted by molar-refractivity contribution is -0.134. The highest BCUT2D eigenvalue weighted by Crippen LogP contribution is 2.30. The summed E-state index contributed by atoms with van der Waals surface area (Å²) in [6, 6.07) is 12.3. The average Bonchev–Trinajstić information content (AvgIpc) is 2.74. The van der Waals surface area contributed by atoms with Crippen molar-refractivity contribution in [3.63, 3.8) is 0 Å². The van der Waals surface area contributed by atoms with Crippen LogP contribution in [0.1, 0.15) is 19.4 Å². The van der Waals surface area contributed by atoms with E-state index in [0.29, 0.717) is 29.5 Å². The van der Waals surface area contributed by atoms with Crippen LogP contribution in [0.5, 0.6) is 17.2 Å². The quantitative estimate of drug-likeness (QED) is 0.512. The summed E-state index contributed by atoms with van der Waals surface area (Å²) in [5.41, 5.74) is 1.30. The Morgan fingerprint density at radius 3 is 2.52 bits per heavy atom. The molecule has 0 saturated carbocycles. The second kappa shape index (κ2) is 10.8. The Morgan fingerprint density at radius 2 is 1.83 bits per heavy atom. The number of carbonyl (C=O) groups is 2. The Kier molecular flexibility index (Phi) is 8.09. The monoisotopic (exact) mass is 399 g/mol. The number of hydrogen-bond acceptors (Lipinski definition) is 6. The van der Waals surface area contributed by atoms with Crippen LogP contribution >= 0.6 is 0 Å². The van der Waals surface area contributed by atoms with E-state index in [9.17, 15) is 9.59 Å². The van der Waals surface area contributed by atoms with Crippen LogP contribution in [0.2, 0.25) is 0 Å². The summed E-state index contributed by atoms with van der Waals surface area (Å²) >= 11 is 0. The summed E-state index contributed by atoms with van der Waals surface area (Å²) in [7, 11) is 2.81. The molecule has 0 fully saturated rings. The van der Waals surface area contributed by atoms with Gasteiger partial charge in [-0.1, -0.05) is 18.2 Å². The van der Waals surface area contributed by atoms with E-state index in [1.165, 1.54) is 20.3 Å². The van der Waals surface area contributed by atoms with Crippen LogP contribution in [0.25, 0.3) is 6.08 Å². The molecular formula is C22H25NO6. The molecule has 1 N–H and O–H groups in total. The first-order valence-electron chi connectivity index (χ1n) is 9.11. The molecule has 0 spiro atoms. The van der Waals surface area contributed by atoms with Crippen molar-refractivity contribution in [3.05, 3.63) is 54.1 Å². The first-order valence-corrected chi connectivity index (χ1v) is 9.11. The van der Waals surface area contributed by atoms with Crippen molar-refractivity contribution in [2.45, 2.75) is 20.0 Å². The number of anilines is 1. The fourth-order valence-corrected chi connectivity index (χ4v) is 2.45. The maximum atomic E-state index is 12.6. The maximum absolute atomic E-state index is 12.6. The average molecular weight is 399 g/mol. The minimum Gasteiger partial charge on any atom is -0.493 e. The lowest BCUT2D eigenvalue weighted by Gasteiger charge is -2.18. The van der Waals surface area contributed by atoms with E-state index in [0.717, 1.165) is 5.56 Å². The summed E-state index contributed by atoms with van der Waals surface area (Å²) in [5, 5.41) is 2.81. The van der Waals surface area contributed by atoms with Crippen LogP contribution in [-0.2, 0) is 14.3 Å². The fourth-order valence-electron chi connectivity index (χ4n) is 2.45. The zero-order valence-electron chi connectivity index (χ0n) is 16.9. The third kappa shape index (κ3) is 6.27. The molecule has 7 heteroatoms. The molecule has 0 bridgehead atoms. The number of ether oxygens (including phenoxy) is 4. The summed E-state index contributed by atoms with van der Waals surface area (Å²) < 4.78 is 21.2. The van der Waals surface area contributed by atoms with Gasteiger partial charge in [-0.05, 0) is 49.8 Å². The normalized spacial score (nSPS) is 11.6. The molecular weight excluding hydrogens is 374 g/mol. The smallest absolute Gasteiger partial charge is 0.330 e. The highest BCUT2D eigenvalue weighted by Gasteiger charge is 2.18. The summed E-state index contributed by atoms with van der Waals surface area (Å²) in [6.45, 7) is 4.01. The van der Waals surface area contributed by atoms with Crippen molar-refractivity contribution in [3.8, 4) is 17.2 Å². The van der Waals surface area contributed by atoms with E-state index in [2.05, 4.69) is 10.1 Å². The van der Waals surface area contributed by atoms with Gasteiger partial charge in [-0.15, -0.1) is 0 Å². The van der Waals surface area contributed by atoms with Crippen molar-refractivity contribution in [2.24, 2.45) is 0 Å². The SMILES string of the molecule is CCOc1ccccc1NC(=O)C(C)Oc1ccc(/C=C/C(=O)OC)cc1OC. The maximum Gasteiger partial charge on any atom is 0.330 e. The molecule has 2 rings (SSSR count). The fraction of sp³-hybridized carbons (Fsp3) is 0.273. The molecule has 154 valence electrons. The van der Waals surface area contributed by atoms with Crippen LogP contribution < -0.4 is 19.5 Å². The lowest BCUT2D eigenvalue weighted by Crippen LogP contribution is -2.30. The van der Waals surface area contributed by atoms with Gasteiger partial charge in [-0.25, -0.2) is 4.79 Å². The van der Waals surface area contributed by atoms with Gasteiger partial charge in [-0.3, -0.25) is 4.79 Å². The van der Waals surface area contributed by atoms with E-state index in [4.69, 9.17) is 14.2 Å². The lowest BCUT2D eigenvalue weighted by atomic mass is 10.2. The van der Waals surface area contributed by atoms with Crippen LogP contribution in [0.4, 0.5) is 5.69 Å². The minimum atomic E-state index is -0.782. The number of benzene rings is 2. The van der Waals surface area contributed by atoms with Gasteiger partial charge in [0, 0.05) is 6.08 Å². The number of amides is 1. The third-order valence-corrected chi connectivity index (χ3v) is 3.92. The van der Waals surface area contributed by atoms with Crippen LogP contribution in [0, 0.1) is 0 Å². The van der Waals surface area contributed by atoms with Crippen molar-refractivity contribution in [2.75, 3.05) is 26.1 Å². The van der Waals surface area contributed by atoms with Gasteiger partial charge in [0.2, 0.25) is 0 Å². The van der Waals surface area contributed by atoms with Gasteiger partial charge in [0.1, 0.15) is 5.75 Å². The predicted molar refractivity (Wildman–Crippen MR) is 110 cm³/mol. The zero-order valence-corrected chi connectivity index (χ0v) is 16.9. The van der Waals surface area contributed by atoms with Gasteiger partial charge in [0.05, 0.1) is 26.5 Å². The highest BCUT2D eigenvalue weighted by molar-refractivity contribution is 5.95. The van der Waals surface area contributed by atoms with Gasteiger partial charge >= 0.3 is 5.97 Å². The Hall–Kier alpha value is -3.48. The molecule has 1 unspecified atom stereocenters. The predicted octanol–water partition coefficient (Wildman–Crippen LogP) is 3.69. The molecule has 0 aromatic heterocycles. The van der Waals surface area contributed by atoms with Gasteiger partial charge in [-0.2, -0.15) is 0 Å². The second-order valence-electron chi connectivity index (χ2n) is 5.95. The van der Waals surface area contributed by atoms with E-state index < -0.39 is 12.1 Å². The van der Waals surface area contributed by atoms with Crippen molar-refractivity contribution < 1.29 is 28.5 Å². The summed E-state index contributed by atoms with van der Waals surface area (Å²) in [4.78, 5) is 23.8. The Bertz CT molecular complexity index is 877. The molecule has 0 aliphatic heterocycles. The number of rotatable bonds is 9. The first kappa shape index (κ1) is 21.8. The standard InChI is InChI=1S/C22H25NO6/c1-5-28-18-9-7-6-8-17(18)23-22(25)15(2)29-19-12-10-16(14-20(19)26-3)11-13-21(24)27-4/h6-15H,5H2,1-4H3,(H,23,25)/b13-11+. The molecule has 7 nitrogen and oxygen atoms in total. The van der Waals surface area contributed by atoms with Crippen molar-refractivity contribution >= 4 is 23.6 Å². The number of nitrogens with one attached hydrogen (secondary N) is 1.